The summed E-state index contributed by atoms with van der Waals surface area (Å²) in [6.07, 6.45) is 0. The van der Waals surface area contributed by atoms with E-state index in [1.54, 1.807) is 16.8 Å². The van der Waals surface area contributed by atoms with Crippen molar-refractivity contribution in [2.75, 3.05) is 20.1 Å². The van der Waals surface area contributed by atoms with Crippen LogP contribution in [-0.4, -0.2) is 47.8 Å². The fraction of sp³-hybridized carbons (Fsp3) is 0.333. The van der Waals surface area contributed by atoms with Gasteiger partial charge in [0.05, 0.1) is 19.1 Å². The summed E-state index contributed by atoms with van der Waals surface area (Å²) in [6, 6.07) is 19.7. The van der Waals surface area contributed by atoms with Crippen LogP contribution in [0.4, 0.5) is 0 Å². The average molecular weight is 353 g/mol. The maximum absolute atomic E-state index is 13.0. The Balaban J connectivity index is 2.27. The van der Waals surface area contributed by atoms with Crippen molar-refractivity contribution in [1.29, 1.82) is 0 Å². The van der Waals surface area contributed by atoms with Crippen LogP contribution in [0.5, 0.6) is 0 Å². The van der Waals surface area contributed by atoms with Crippen molar-refractivity contribution in [3.63, 3.8) is 0 Å². The van der Waals surface area contributed by atoms with Gasteiger partial charge in [-0.1, -0.05) is 60.7 Å². The molecule has 0 spiro atoms. The predicted molar refractivity (Wildman–Crippen MR) is 103 cm³/mol. The summed E-state index contributed by atoms with van der Waals surface area (Å²) in [5.74, 6) is -0.491. The minimum Gasteiger partial charge on any atom is -0.369 e. The minimum atomic E-state index is -0.433. The standard InChI is InChI=1S/C21H27N3O2/c1-16(2)24(14-19(22)25)15-20(26)23(3)21(17-10-6-4-7-11-17)18-12-8-5-9-13-18/h4-13,16,21H,14-15H2,1-3H3,(H2,22,25). The van der Waals surface area contributed by atoms with Crippen molar-refractivity contribution in [2.45, 2.75) is 25.9 Å². The largest absolute Gasteiger partial charge is 0.369 e. The molecule has 5 heteroatoms. The second kappa shape index (κ2) is 9.15. The first-order valence-electron chi connectivity index (χ1n) is 8.78. The fourth-order valence-corrected chi connectivity index (χ4v) is 2.96. The van der Waals surface area contributed by atoms with Crippen molar-refractivity contribution in [3.05, 3.63) is 71.8 Å². The number of nitrogens with zero attached hydrogens (tertiary/aromatic N) is 2. The van der Waals surface area contributed by atoms with Gasteiger partial charge in [-0.15, -0.1) is 0 Å². The zero-order chi connectivity index (χ0) is 19.1. The number of likely N-dealkylation sites (N-methyl/N-ethyl adjacent to an activating group) is 1. The minimum absolute atomic E-state index is 0.0479. The van der Waals surface area contributed by atoms with E-state index in [2.05, 4.69) is 0 Å². The highest BCUT2D eigenvalue weighted by molar-refractivity contribution is 5.81. The zero-order valence-electron chi connectivity index (χ0n) is 15.6. The number of primary amides is 1. The molecule has 0 saturated carbocycles. The lowest BCUT2D eigenvalue weighted by Gasteiger charge is -2.32. The van der Waals surface area contributed by atoms with Gasteiger partial charge in [0, 0.05) is 13.1 Å². The van der Waals surface area contributed by atoms with Crippen LogP contribution >= 0.6 is 0 Å². The number of amides is 2. The Morgan fingerprint density at radius 3 is 1.73 bits per heavy atom. The van der Waals surface area contributed by atoms with Gasteiger partial charge in [-0.2, -0.15) is 0 Å². The summed E-state index contributed by atoms with van der Waals surface area (Å²) in [4.78, 5) is 27.8. The smallest absolute Gasteiger partial charge is 0.237 e. The highest BCUT2D eigenvalue weighted by atomic mass is 16.2. The molecule has 0 fully saturated rings. The predicted octanol–water partition coefficient (Wildman–Crippen LogP) is 2.43. The Labute approximate surface area is 155 Å². The highest BCUT2D eigenvalue weighted by Crippen LogP contribution is 2.27. The summed E-state index contributed by atoms with van der Waals surface area (Å²) in [7, 11) is 1.80. The number of nitrogens with two attached hydrogens (primary N) is 1. The average Bonchev–Trinajstić information content (AvgIpc) is 2.62. The number of carbonyl (C=O) groups is 2. The molecule has 0 aliphatic rings. The van der Waals surface area contributed by atoms with Crippen LogP contribution in [-0.2, 0) is 9.59 Å². The second-order valence-corrected chi connectivity index (χ2v) is 6.69. The molecule has 0 radical (unpaired) electrons. The van der Waals surface area contributed by atoms with Crippen molar-refractivity contribution >= 4 is 11.8 Å². The van der Waals surface area contributed by atoms with E-state index < -0.39 is 5.91 Å². The van der Waals surface area contributed by atoms with Gasteiger partial charge in [-0.25, -0.2) is 0 Å². The van der Waals surface area contributed by atoms with E-state index in [1.165, 1.54) is 0 Å². The Kier molecular flexibility index (Phi) is 6.92. The van der Waals surface area contributed by atoms with Gasteiger partial charge in [-0.3, -0.25) is 14.5 Å². The first kappa shape index (κ1) is 19.7. The van der Waals surface area contributed by atoms with Gasteiger partial charge in [0.25, 0.3) is 0 Å². The van der Waals surface area contributed by atoms with Crippen LogP contribution in [0.15, 0.2) is 60.7 Å². The van der Waals surface area contributed by atoms with Gasteiger partial charge in [0.2, 0.25) is 11.8 Å². The lowest BCUT2D eigenvalue weighted by Crippen LogP contribution is -2.46. The molecule has 0 atom stereocenters. The van der Waals surface area contributed by atoms with Crippen LogP contribution in [0.3, 0.4) is 0 Å². The molecule has 2 aromatic rings. The molecular weight excluding hydrogens is 326 g/mol. The SMILES string of the molecule is CC(C)N(CC(N)=O)CC(=O)N(C)C(c1ccccc1)c1ccccc1. The Morgan fingerprint density at radius 2 is 1.35 bits per heavy atom. The second-order valence-electron chi connectivity index (χ2n) is 6.69. The van der Waals surface area contributed by atoms with Crippen molar-refractivity contribution in [2.24, 2.45) is 5.73 Å². The first-order valence-corrected chi connectivity index (χ1v) is 8.78. The third kappa shape index (κ3) is 5.17. The van der Waals surface area contributed by atoms with Crippen LogP contribution in [0.1, 0.15) is 31.0 Å². The normalized spacial score (nSPS) is 11.2. The summed E-state index contributed by atoms with van der Waals surface area (Å²) in [5, 5.41) is 0. The molecule has 2 amide bonds. The zero-order valence-corrected chi connectivity index (χ0v) is 15.6. The van der Waals surface area contributed by atoms with E-state index >= 15 is 0 Å². The molecule has 0 aliphatic carbocycles. The van der Waals surface area contributed by atoms with E-state index in [-0.39, 0.29) is 31.1 Å². The molecule has 0 unspecified atom stereocenters. The molecular formula is C21H27N3O2. The quantitative estimate of drug-likeness (QED) is 0.793. The molecule has 2 rings (SSSR count). The number of hydrogen-bond acceptors (Lipinski definition) is 3. The number of hydrogen-bond donors (Lipinski definition) is 1. The first-order chi connectivity index (χ1) is 12.4. The van der Waals surface area contributed by atoms with E-state index in [0.717, 1.165) is 11.1 Å². The third-order valence-corrected chi connectivity index (χ3v) is 4.44. The summed E-state index contributed by atoms with van der Waals surface area (Å²) in [5.41, 5.74) is 7.40. The molecule has 0 aliphatic heterocycles. The third-order valence-electron chi connectivity index (χ3n) is 4.44. The molecule has 0 bridgehead atoms. The summed E-state index contributed by atoms with van der Waals surface area (Å²) in [6.45, 7) is 4.11. The van der Waals surface area contributed by atoms with Gasteiger partial charge >= 0.3 is 0 Å². The van der Waals surface area contributed by atoms with E-state index in [1.807, 2.05) is 74.5 Å². The fourth-order valence-electron chi connectivity index (χ4n) is 2.96. The molecule has 0 heterocycles. The van der Waals surface area contributed by atoms with Crippen molar-refractivity contribution < 1.29 is 9.59 Å². The topological polar surface area (TPSA) is 66.6 Å². The van der Waals surface area contributed by atoms with Gasteiger partial charge in [-0.05, 0) is 25.0 Å². The van der Waals surface area contributed by atoms with Crippen LogP contribution in [0.2, 0.25) is 0 Å². The van der Waals surface area contributed by atoms with Crippen LogP contribution in [0, 0.1) is 0 Å². The van der Waals surface area contributed by atoms with E-state index in [9.17, 15) is 9.59 Å². The molecule has 2 N–H and O–H groups in total. The van der Waals surface area contributed by atoms with Gasteiger partial charge in [0.15, 0.2) is 0 Å². The Bertz CT molecular complexity index is 677. The Hall–Kier alpha value is -2.66. The number of rotatable bonds is 8. The monoisotopic (exact) mass is 353 g/mol. The number of carbonyl (C=O) groups excluding carboxylic acids is 2. The summed E-state index contributed by atoms with van der Waals surface area (Å²) >= 11 is 0. The molecule has 5 nitrogen and oxygen atoms in total. The van der Waals surface area contributed by atoms with Crippen LogP contribution in [0.25, 0.3) is 0 Å². The molecule has 0 aromatic heterocycles. The van der Waals surface area contributed by atoms with E-state index in [4.69, 9.17) is 5.73 Å². The van der Waals surface area contributed by atoms with Crippen LogP contribution < -0.4 is 5.73 Å². The molecule has 26 heavy (non-hydrogen) atoms. The molecule has 0 saturated heterocycles. The van der Waals surface area contributed by atoms with E-state index in [0.29, 0.717) is 0 Å². The summed E-state index contributed by atoms with van der Waals surface area (Å²) < 4.78 is 0. The molecule has 138 valence electrons. The maximum atomic E-state index is 13.0. The lowest BCUT2D eigenvalue weighted by atomic mass is 9.97. The van der Waals surface area contributed by atoms with Crippen molar-refractivity contribution in [1.82, 2.24) is 9.80 Å². The number of benzene rings is 2. The lowest BCUT2D eigenvalue weighted by molar-refractivity contribution is -0.133. The maximum Gasteiger partial charge on any atom is 0.237 e. The van der Waals surface area contributed by atoms with Gasteiger partial charge in [0.1, 0.15) is 0 Å². The van der Waals surface area contributed by atoms with Crippen molar-refractivity contribution in [3.8, 4) is 0 Å². The highest BCUT2D eigenvalue weighted by Gasteiger charge is 2.25. The molecule has 2 aromatic carbocycles. The van der Waals surface area contributed by atoms with Gasteiger partial charge < -0.3 is 10.6 Å². The Morgan fingerprint density at radius 1 is 0.885 bits per heavy atom.